The number of aliphatic hydroxyl groups excluding tert-OH is 5. The fraction of sp³-hybridized carbons (Fsp3) is 0.829. The van der Waals surface area contributed by atoms with E-state index in [1.807, 2.05) is 13.8 Å². The number of ether oxygens (including phenoxy) is 6. The Balaban J connectivity index is 1.28. The first-order valence-electron chi connectivity index (χ1n) is 17.5. The van der Waals surface area contributed by atoms with Gasteiger partial charge in [-0.15, -0.1) is 0 Å². The fourth-order valence-corrected chi connectivity index (χ4v) is 10.6. The Bertz CT molecular complexity index is 1400. The van der Waals surface area contributed by atoms with Gasteiger partial charge in [-0.3, -0.25) is 19.2 Å². The van der Waals surface area contributed by atoms with E-state index in [1.54, 1.807) is 0 Å². The fourth-order valence-electron chi connectivity index (χ4n) is 10.6. The molecule has 15 nitrogen and oxygen atoms in total. The van der Waals surface area contributed by atoms with Gasteiger partial charge in [-0.25, -0.2) is 0 Å². The Morgan fingerprint density at radius 2 is 1.58 bits per heavy atom. The maximum atomic E-state index is 14.5. The Kier molecular flexibility index (Phi) is 10.0. The molecule has 0 aromatic heterocycles. The summed E-state index contributed by atoms with van der Waals surface area (Å²) in [5, 5.41) is 52.7. The van der Waals surface area contributed by atoms with Crippen LogP contribution in [0.1, 0.15) is 73.1 Å². The topological polar surface area (TPSA) is 225 Å². The summed E-state index contributed by atoms with van der Waals surface area (Å²) in [6.07, 6.45) is -9.25. The average molecular weight is 711 g/mol. The molecule has 1 spiro atoms. The molecule has 7 rings (SSSR count). The largest absolute Gasteiger partial charge is 0.455 e. The molecule has 2 bridgehead atoms. The van der Waals surface area contributed by atoms with Crippen LogP contribution in [0.25, 0.3) is 0 Å². The van der Waals surface area contributed by atoms with Gasteiger partial charge >= 0.3 is 17.9 Å². The second-order valence-corrected chi connectivity index (χ2v) is 15.7. The number of hydrogen-bond acceptors (Lipinski definition) is 15. The van der Waals surface area contributed by atoms with Crippen LogP contribution in [0.15, 0.2) is 11.6 Å². The molecule has 280 valence electrons. The van der Waals surface area contributed by atoms with E-state index in [-0.39, 0.29) is 17.6 Å². The van der Waals surface area contributed by atoms with E-state index in [9.17, 15) is 44.7 Å². The summed E-state index contributed by atoms with van der Waals surface area (Å²) >= 11 is 0. The van der Waals surface area contributed by atoms with Crippen LogP contribution in [-0.2, 0) is 47.6 Å². The van der Waals surface area contributed by atoms with E-state index < -0.39 is 115 Å². The van der Waals surface area contributed by atoms with E-state index in [0.717, 1.165) is 25.8 Å². The van der Waals surface area contributed by atoms with Crippen molar-refractivity contribution in [3.05, 3.63) is 11.6 Å². The van der Waals surface area contributed by atoms with Crippen LogP contribution in [0.2, 0.25) is 0 Å². The van der Waals surface area contributed by atoms with E-state index >= 15 is 0 Å². The molecule has 3 saturated carbocycles. The van der Waals surface area contributed by atoms with Gasteiger partial charge in [0, 0.05) is 31.6 Å². The van der Waals surface area contributed by atoms with Crippen LogP contribution in [0.3, 0.4) is 0 Å². The molecular formula is C35H50O15. The van der Waals surface area contributed by atoms with Crippen molar-refractivity contribution in [2.45, 2.75) is 135 Å². The van der Waals surface area contributed by atoms with Gasteiger partial charge in [0.15, 0.2) is 12.4 Å². The molecule has 0 aromatic carbocycles. The molecule has 15 heteroatoms. The summed E-state index contributed by atoms with van der Waals surface area (Å²) in [6.45, 7) is 6.84. The van der Waals surface area contributed by atoms with Crippen molar-refractivity contribution in [2.24, 2.45) is 34.0 Å². The van der Waals surface area contributed by atoms with E-state index in [2.05, 4.69) is 13.0 Å². The minimum atomic E-state index is -1.75. The van der Waals surface area contributed by atoms with Crippen molar-refractivity contribution < 1.29 is 73.1 Å². The zero-order valence-electron chi connectivity index (χ0n) is 29.1. The first kappa shape index (κ1) is 37.3. The molecule has 0 unspecified atom stereocenters. The normalized spacial score (nSPS) is 48.5. The van der Waals surface area contributed by atoms with Gasteiger partial charge in [-0.2, -0.15) is 0 Å². The van der Waals surface area contributed by atoms with Crippen LogP contribution in [0.4, 0.5) is 0 Å². The SMILES string of the molecule is CC(=O)O[C@@H]1[C@@H](OC(C)=O)[C@H](OC(=O)[C@]2(C)CCC[C@@]3(C)[C@@H]4[C@@H](O)[C@@H]5C(=O)C[C@]4(C=C5C)CC[C@@H]32)O[C@H](CO)[C@H]1O[C@@H]1OC[C@H](O)[C@H](O)[C@H]1O. The van der Waals surface area contributed by atoms with Gasteiger partial charge in [0.05, 0.1) is 30.7 Å². The van der Waals surface area contributed by atoms with Crippen LogP contribution < -0.4 is 0 Å². The highest BCUT2D eigenvalue weighted by molar-refractivity contribution is 5.88. The monoisotopic (exact) mass is 710 g/mol. The van der Waals surface area contributed by atoms with Gasteiger partial charge in [0.1, 0.15) is 36.3 Å². The number of fused-ring (bicyclic) bond motifs is 2. The lowest BCUT2D eigenvalue weighted by atomic mass is 9.37. The minimum absolute atomic E-state index is 0.0566. The van der Waals surface area contributed by atoms with E-state index in [1.165, 1.54) is 0 Å². The number of esters is 3. The average Bonchev–Trinajstić information content (AvgIpc) is 3.02. The molecular weight excluding hydrogens is 660 g/mol. The zero-order valence-corrected chi connectivity index (χ0v) is 29.1. The molecule has 0 amide bonds. The van der Waals surface area contributed by atoms with Crippen LogP contribution in [-0.4, -0.2) is 124 Å². The number of carbonyl (C=O) groups is 4. The van der Waals surface area contributed by atoms with Crippen molar-refractivity contribution in [1.29, 1.82) is 0 Å². The van der Waals surface area contributed by atoms with Gasteiger partial charge in [0.25, 0.3) is 0 Å². The molecule has 2 heterocycles. The maximum Gasteiger partial charge on any atom is 0.314 e. The third-order valence-electron chi connectivity index (χ3n) is 12.6. The zero-order chi connectivity index (χ0) is 36.5. The predicted molar refractivity (Wildman–Crippen MR) is 167 cm³/mol. The molecule has 2 aliphatic heterocycles. The number of aliphatic hydroxyl groups is 5. The second-order valence-electron chi connectivity index (χ2n) is 15.7. The van der Waals surface area contributed by atoms with Gasteiger partial charge < -0.3 is 54.0 Å². The summed E-state index contributed by atoms with van der Waals surface area (Å²) in [5.41, 5.74) is -1.19. The maximum absolute atomic E-state index is 14.5. The highest BCUT2D eigenvalue weighted by atomic mass is 16.8. The summed E-state index contributed by atoms with van der Waals surface area (Å²) in [6, 6.07) is 0. The lowest BCUT2D eigenvalue weighted by Crippen LogP contribution is -2.67. The second kappa shape index (κ2) is 13.5. The van der Waals surface area contributed by atoms with Gasteiger partial charge in [-0.1, -0.05) is 25.0 Å². The summed E-state index contributed by atoms with van der Waals surface area (Å²) in [7, 11) is 0. The van der Waals surface area contributed by atoms with Gasteiger partial charge in [-0.05, 0) is 50.9 Å². The van der Waals surface area contributed by atoms with E-state index in [0.29, 0.717) is 32.1 Å². The van der Waals surface area contributed by atoms with Crippen molar-refractivity contribution in [1.82, 2.24) is 0 Å². The third-order valence-corrected chi connectivity index (χ3v) is 12.6. The van der Waals surface area contributed by atoms with Crippen LogP contribution >= 0.6 is 0 Å². The molecule has 5 fully saturated rings. The molecule has 7 aliphatic rings. The van der Waals surface area contributed by atoms with Crippen molar-refractivity contribution in [3.8, 4) is 0 Å². The van der Waals surface area contributed by atoms with Gasteiger partial charge in [0.2, 0.25) is 12.4 Å². The van der Waals surface area contributed by atoms with Crippen LogP contribution in [0, 0.1) is 34.0 Å². The standard InChI is InChI=1S/C35H50O15/c1-15-11-35-10-7-21-33(4,29(35)24(42)22(15)18(39)12-35)8-6-9-34(21,5)32(44)50-31-28(47-17(3)38)27(46-16(2)37)26(20(13-36)48-31)49-30-25(43)23(41)19(40)14-45-30/h11,19-31,36,40-43H,6-10,12-14H2,1-5H3/t19-,20+,21-,22-,23-,24-,25+,26+,27-,28+,29-,30-,31-,33+,34+,35+/m0/s1. The quantitative estimate of drug-likeness (QED) is 0.134. The van der Waals surface area contributed by atoms with Crippen LogP contribution in [0.5, 0.6) is 0 Å². The number of carbonyl (C=O) groups excluding carboxylic acids is 4. The first-order chi connectivity index (χ1) is 23.5. The Hall–Kier alpha value is -2.50. The van der Waals surface area contributed by atoms with Crippen molar-refractivity contribution >= 4 is 23.7 Å². The Labute approximate surface area is 290 Å². The first-order valence-corrected chi connectivity index (χ1v) is 17.5. The molecule has 0 aromatic rings. The molecule has 5 aliphatic carbocycles. The summed E-state index contributed by atoms with van der Waals surface area (Å²) < 4.78 is 34.4. The summed E-state index contributed by atoms with van der Waals surface area (Å²) in [4.78, 5) is 52.3. The number of Topliss-reactive ketones (excluding diaryl/α,β-unsaturated/α-hetero) is 1. The third kappa shape index (κ3) is 6.00. The summed E-state index contributed by atoms with van der Waals surface area (Å²) in [5.74, 6) is -3.32. The van der Waals surface area contributed by atoms with Crippen molar-refractivity contribution in [3.63, 3.8) is 0 Å². The number of rotatable bonds is 7. The van der Waals surface area contributed by atoms with Crippen molar-refractivity contribution in [2.75, 3.05) is 13.2 Å². The lowest BCUT2D eigenvalue weighted by Gasteiger charge is -2.67. The highest BCUT2D eigenvalue weighted by Crippen LogP contribution is 2.70. The lowest BCUT2D eigenvalue weighted by molar-refractivity contribution is -0.346. The Morgan fingerprint density at radius 1 is 0.900 bits per heavy atom. The molecule has 16 atom stereocenters. The number of ketones is 1. The smallest absolute Gasteiger partial charge is 0.314 e. The molecule has 2 saturated heterocycles. The van der Waals surface area contributed by atoms with E-state index in [4.69, 9.17) is 28.4 Å². The molecule has 5 N–H and O–H groups in total. The Morgan fingerprint density at radius 3 is 2.22 bits per heavy atom. The molecule has 0 radical (unpaired) electrons. The number of allylic oxidation sites excluding steroid dienone is 1. The minimum Gasteiger partial charge on any atom is -0.455 e. The molecule has 50 heavy (non-hydrogen) atoms. The highest BCUT2D eigenvalue weighted by Gasteiger charge is 2.69. The predicted octanol–water partition coefficient (Wildman–Crippen LogP) is 0.0533. The number of hydrogen-bond donors (Lipinski definition) is 5.